The third-order valence-electron chi connectivity index (χ3n) is 6.43. The van der Waals surface area contributed by atoms with Crippen molar-refractivity contribution in [1.29, 1.82) is 0 Å². The van der Waals surface area contributed by atoms with Crippen molar-refractivity contribution in [1.82, 2.24) is 0 Å². The first-order valence-electron chi connectivity index (χ1n) is 9.78. The highest BCUT2D eigenvalue weighted by atomic mass is 16.5. The minimum absolute atomic E-state index is 0.0459. The fourth-order valence-electron chi connectivity index (χ4n) is 4.63. The Bertz CT molecular complexity index is 610. The Morgan fingerprint density at radius 2 is 1.96 bits per heavy atom. The van der Waals surface area contributed by atoms with Gasteiger partial charge in [0.1, 0.15) is 6.10 Å². The summed E-state index contributed by atoms with van der Waals surface area (Å²) >= 11 is 0. The van der Waals surface area contributed by atoms with Gasteiger partial charge >= 0.3 is 5.97 Å². The molecule has 0 aromatic heterocycles. The van der Waals surface area contributed by atoms with Crippen molar-refractivity contribution in [3.63, 3.8) is 0 Å². The van der Waals surface area contributed by atoms with Gasteiger partial charge in [0, 0.05) is 25.2 Å². The molecule has 0 heterocycles. The Hall–Kier alpha value is -1.43. The highest BCUT2D eigenvalue weighted by Gasteiger charge is 2.47. The molecule has 9 unspecified atom stereocenters. The molecule has 2 rings (SSSR count). The number of esters is 1. The van der Waals surface area contributed by atoms with E-state index in [2.05, 4.69) is 26.2 Å². The van der Waals surface area contributed by atoms with Crippen LogP contribution in [0.15, 0.2) is 36.5 Å². The van der Waals surface area contributed by atoms with Gasteiger partial charge in [0.2, 0.25) is 0 Å². The third kappa shape index (κ3) is 4.71. The lowest BCUT2D eigenvalue weighted by molar-refractivity contribution is -0.153. The van der Waals surface area contributed by atoms with E-state index in [0.717, 1.165) is 5.57 Å². The molecule has 5 heteroatoms. The molecule has 0 amide bonds. The summed E-state index contributed by atoms with van der Waals surface area (Å²) in [7, 11) is 0. The highest BCUT2D eigenvalue weighted by Crippen LogP contribution is 2.47. The quantitative estimate of drug-likeness (QED) is 0.489. The molecular formula is C22H34O5. The number of ether oxygens (including phenoxy) is 1. The summed E-state index contributed by atoms with van der Waals surface area (Å²) in [4.78, 5) is 11.6. The Balaban J connectivity index is 2.29. The molecule has 27 heavy (non-hydrogen) atoms. The maximum absolute atomic E-state index is 11.6. The molecule has 0 radical (unpaired) electrons. The second-order valence-electron chi connectivity index (χ2n) is 8.43. The van der Waals surface area contributed by atoms with Gasteiger partial charge in [-0.05, 0) is 36.7 Å². The van der Waals surface area contributed by atoms with Crippen molar-refractivity contribution < 1.29 is 24.9 Å². The summed E-state index contributed by atoms with van der Waals surface area (Å²) in [5.74, 6) is -0.873. The molecule has 0 saturated heterocycles. The van der Waals surface area contributed by atoms with Gasteiger partial charge in [-0.2, -0.15) is 0 Å². The maximum Gasteiger partial charge on any atom is 0.302 e. The van der Waals surface area contributed by atoms with Crippen molar-refractivity contribution in [3.8, 4) is 0 Å². The molecule has 9 atom stereocenters. The lowest BCUT2D eigenvalue weighted by Gasteiger charge is -2.37. The molecule has 3 N–H and O–H groups in total. The maximum atomic E-state index is 11.6. The Morgan fingerprint density at radius 1 is 1.33 bits per heavy atom. The molecular weight excluding hydrogens is 344 g/mol. The summed E-state index contributed by atoms with van der Waals surface area (Å²) in [6.45, 7) is 14.9. The van der Waals surface area contributed by atoms with E-state index in [9.17, 15) is 20.1 Å². The number of fused-ring (bicyclic) bond motifs is 1. The minimum Gasteiger partial charge on any atom is -0.462 e. The zero-order valence-corrected chi connectivity index (χ0v) is 16.8. The molecule has 1 fully saturated rings. The normalized spacial score (nSPS) is 36.5. The number of carbonyl (C=O) groups is 1. The first-order valence-corrected chi connectivity index (χ1v) is 9.78. The van der Waals surface area contributed by atoms with E-state index in [1.54, 1.807) is 6.92 Å². The van der Waals surface area contributed by atoms with Crippen molar-refractivity contribution in [2.75, 3.05) is 0 Å². The van der Waals surface area contributed by atoms with E-state index in [0.29, 0.717) is 12.0 Å². The molecule has 0 bridgehead atoms. The SMILES string of the molecule is C=C(C)C(O)CC(OC(C)=O)C(C)C1CC(O)C(=C)C2C=CC(C)C2C1O. The van der Waals surface area contributed by atoms with Crippen molar-refractivity contribution >= 4 is 5.97 Å². The number of hydrogen-bond donors (Lipinski definition) is 3. The van der Waals surface area contributed by atoms with E-state index in [1.165, 1.54) is 6.92 Å². The minimum atomic E-state index is -0.792. The van der Waals surface area contributed by atoms with E-state index in [-0.39, 0.29) is 36.0 Å². The summed E-state index contributed by atoms with van der Waals surface area (Å²) in [6.07, 6.45) is 1.93. The molecule has 0 aliphatic heterocycles. The van der Waals surface area contributed by atoms with Gasteiger partial charge in [-0.25, -0.2) is 0 Å². The number of rotatable bonds is 6. The molecule has 2 aliphatic carbocycles. The van der Waals surface area contributed by atoms with Crippen molar-refractivity contribution in [3.05, 3.63) is 36.5 Å². The summed E-state index contributed by atoms with van der Waals surface area (Å²) in [5.41, 5.74) is 1.34. The van der Waals surface area contributed by atoms with Gasteiger partial charge in [-0.15, -0.1) is 0 Å². The van der Waals surface area contributed by atoms with E-state index >= 15 is 0 Å². The summed E-state index contributed by atoms with van der Waals surface area (Å²) in [5, 5.41) is 32.1. The highest BCUT2D eigenvalue weighted by molar-refractivity contribution is 5.66. The van der Waals surface area contributed by atoms with Crippen LogP contribution in [0.25, 0.3) is 0 Å². The van der Waals surface area contributed by atoms with Crippen LogP contribution >= 0.6 is 0 Å². The zero-order valence-electron chi connectivity index (χ0n) is 16.8. The standard InChI is InChI=1S/C22H34O5/c1-11(2)18(24)10-20(27-15(6)23)14(5)17-9-19(25)13(4)16-8-7-12(3)21(16)22(17)26/h7-8,12,14,16-22,24-26H,1,4,9-10H2,2-3,5-6H3. The molecule has 1 saturated carbocycles. The van der Waals surface area contributed by atoms with E-state index in [4.69, 9.17) is 4.74 Å². The van der Waals surface area contributed by atoms with Gasteiger partial charge in [0.15, 0.2) is 0 Å². The summed E-state index contributed by atoms with van der Waals surface area (Å²) < 4.78 is 5.50. The van der Waals surface area contributed by atoms with Gasteiger partial charge in [-0.3, -0.25) is 4.79 Å². The van der Waals surface area contributed by atoms with Gasteiger partial charge < -0.3 is 20.1 Å². The van der Waals surface area contributed by atoms with Crippen LogP contribution in [0.4, 0.5) is 0 Å². The molecule has 0 aromatic rings. The monoisotopic (exact) mass is 378 g/mol. The fraction of sp³-hybridized carbons (Fsp3) is 0.682. The molecule has 0 spiro atoms. The second-order valence-corrected chi connectivity index (χ2v) is 8.43. The van der Waals surface area contributed by atoms with E-state index < -0.39 is 30.4 Å². The van der Waals surface area contributed by atoms with Gasteiger partial charge in [0.05, 0.1) is 18.3 Å². The van der Waals surface area contributed by atoms with Crippen LogP contribution in [0.1, 0.15) is 40.5 Å². The van der Waals surface area contributed by atoms with Crippen LogP contribution in [0.5, 0.6) is 0 Å². The number of aliphatic hydroxyl groups excluding tert-OH is 3. The Kier molecular flexibility index (Phi) is 7.06. The van der Waals surface area contributed by atoms with Crippen LogP contribution < -0.4 is 0 Å². The topological polar surface area (TPSA) is 87.0 Å². The smallest absolute Gasteiger partial charge is 0.302 e. The number of allylic oxidation sites excluding steroid dienone is 2. The average Bonchev–Trinajstić information content (AvgIpc) is 2.93. The first kappa shape index (κ1) is 21.9. The lowest BCUT2D eigenvalue weighted by atomic mass is 9.74. The van der Waals surface area contributed by atoms with Crippen LogP contribution in [0.3, 0.4) is 0 Å². The predicted molar refractivity (Wildman–Crippen MR) is 105 cm³/mol. The number of carbonyl (C=O) groups excluding carboxylic acids is 1. The van der Waals surface area contributed by atoms with E-state index in [1.807, 2.05) is 13.0 Å². The Labute approximate surface area is 162 Å². The van der Waals surface area contributed by atoms with Crippen LogP contribution in [0.2, 0.25) is 0 Å². The molecule has 2 aliphatic rings. The van der Waals surface area contributed by atoms with Crippen LogP contribution in [0, 0.1) is 29.6 Å². The van der Waals surface area contributed by atoms with Crippen molar-refractivity contribution in [2.45, 2.75) is 65.0 Å². The van der Waals surface area contributed by atoms with Gasteiger partial charge in [-0.1, -0.05) is 44.7 Å². The third-order valence-corrected chi connectivity index (χ3v) is 6.43. The van der Waals surface area contributed by atoms with Crippen LogP contribution in [-0.2, 0) is 9.53 Å². The van der Waals surface area contributed by atoms with Crippen LogP contribution in [-0.4, -0.2) is 45.7 Å². The molecule has 5 nitrogen and oxygen atoms in total. The van der Waals surface area contributed by atoms with Crippen molar-refractivity contribution in [2.24, 2.45) is 29.6 Å². The predicted octanol–water partition coefficient (Wildman–Crippen LogP) is 2.62. The first-order chi connectivity index (χ1) is 12.5. The molecule has 152 valence electrons. The largest absolute Gasteiger partial charge is 0.462 e. The molecule has 0 aromatic carbocycles. The average molecular weight is 379 g/mol. The number of hydrogen-bond acceptors (Lipinski definition) is 5. The number of aliphatic hydroxyl groups is 3. The zero-order chi connectivity index (χ0) is 20.5. The van der Waals surface area contributed by atoms with Gasteiger partial charge in [0.25, 0.3) is 0 Å². The lowest BCUT2D eigenvalue weighted by Crippen LogP contribution is -2.42. The second kappa shape index (κ2) is 8.72. The fourth-order valence-corrected chi connectivity index (χ4v) is 4.63. The Morgan fingerprint density at radius 3 is 2.52 bits per heavy atom. The summed E-state index contributed by atoms with van der Waals surface area (Å²) in [6, 6.07) is 0.